The second-order valence-corrected chi connectivity index (χ2v) is 9.63. The summed E-state index contributed by atoms with van der Waals surface area (Å²) in [6, 6.07) is 22.3. The highest BCUT2D eigenvalue weighted by Gasteiger charge is 2.24. The Bertz CT molecular complexity index is 1280. The molecule has 0 radical (unpaired) electrons. The van der Waals surface area contributed by atoms with Gasteiger partial charge in [-0.3, -0.25) is 9.69 Å². The molecule has 1 saturated heterocycles. The van der Waals surface area contributed by atoms with Gasteiger partial charge < -0.3 is 15.8 Å². The summed E-state index contributed by atoms with van der Waals surface area (Å²) in [6.07, 6.45) is 1.87. The van der Waals surface area contributed by atoms with E-state index in [9.17, 15) is 4.79 Å². The van der Waals surface area contributed by atoms with Crippen molar-refractivity contribution in [1.82, 2.24) is 15.2 Å². The number of methoxy groups -OCH3 is 1. The van der Waals surface area contributed by atoms with Crippen LogP contribution >= 0.6 is 11.3 Å². The third kappa shape index (κ3) is 4.76. The zero-order valence-corrected chi connectivity index (χ0v) is 20.0. The van der Waals surface area contributed by atoms with Crippen LogP contribution in [-0.4, -0.2) is 42.0 Å². The first-order chi connectivity index (χ1) is 16.6. The average molecular weight is 473 g/mol. The van der Waals surface area contributed by atoms with Crippen LogP contribution in [0.3, 0.4) is 0 Å². The number of anilines is 1. The molecule has 5 rings (SSSR count). The topological polar surface area (TPSA) is 80.5 Å². The molecule has 7 heteroatoms. The van der Waals surface area contributed by atoms with Gasteiger partial charge in [0, 0.05) is 36.6 Å². The smallest absolute Gasteiger partial charge is 0.263 e. The van der Waals surface area contributed by atoms with E-state index in [0.717, 1.165) is 59.7 Å². The van der Waals surface area contributed by atoms with E-state index < -0.39 is 0 Å². The van der Waals surface area contributed by atoms with Gasteiger partial charge in [0.2, 0.25) is 0 Å². The molecule has 0 bridgehead atoms. The van der Waals surface area contributed by atoms with Gasteiger partial charge in [0.05, 0.1) is 18.5 Å². The number of thiophene rings is 1. The highest BCUT2D eigenvalue weighted by Crippen LogP contribution is 2.34. The van der Waals surface area contributed by atoms with Gasteiger partial charge in [-0.2, -0.15) is 0 Å². The number of nitrogens with zero attached hydrogens (tertiary/aromatic N) is 2. The summed E-state index contributed by atoms with van der Waals surface area (Å²) in [5.41, 5.74) is 10.0. The van der Waals surface area contributed by atoms with E-state index >= 15 is 0 Å². The summed E-state index contributed by atoms with van der Waals surface area (Å²) < 4.78 is 5.23. The van der Waals surface area contributed by atoms with Gasteiger partial charge in [0.15, 0.2) is 0 Å². The summed E-state index contributed by atoms with van der Waals surface area (Å²) in [7, 11) is 1.65. The molecule has 1 amide bonds. The van der Waals surface area contributed by atoms with E-state index in [1.54, 1.807) is 7.11 Å². The van der Waals surface area contributed by atoms with Crippen LogP contribution in [0.15, 0.2) is 66.7 Å². The fourth-order valence-electron chi connectivity index (χ4n) is 4.42. The molecule has 174 valence electrons. The third-order valence-corrected chi connectivity index (χ3v) is 7.47. The Balaban J connectivity index is 1.24. The summed E-state index contributed by atoms with van der Waals surface area (Å²) in [5, 5.41) is 4.03. The molecule has 1 fully saturated rings. The Labute approximate surface area is 203 Å². The molecule has 3 heterocycles. The van der Waals surface area contributed by atoms with E-state index in [1.165, 1.54) is 16.9 Å². The molecule has 0 saturated carbocycles. The predicted octanol–water partition coefficient (Wildman–Crippen LogP) is 4.95. The molecular weight excluding hydrogens is 444 g/mol. The number of fused-ring (bicyclic) bond motifs is 1. The maximum Gasteiger partial charge on any atom is 0.263 e. The van der Waals surface area contributed by atoms with Crippen molar-refractivity contribution in [3.8, 4) is 17.0 Å². The molecule has 2 aromatic heterocycles. The van der Waals surface area contributed by atoms with E-state index in [1.807, 2.05) is 42.5 Å². The molecule has 1 aliphatic heterocycles. The van der Waals surface area contributed by atoms with Gasteiger partial charge in [-0.25, -0.2) is 4.98 Å². The van der Waals surface area contributed by atoms with Crippen LogP contribution in [0.2, 0.25) is 0 Å². The minimum atomic E-state index is -0.104. The maximum atomic E-state index is 13.1. The van der Waals surface area contributed by atoms with E-state index in [2.05, 4.69) is 34.5 Å². The van der Waals surface area contributed by atoms with Gasteiger partial charge >= 0.3 is 0 Å². The predicted molar refractivity (Wildman–Crippen MR) is 138 cm³/mol. The fourth-order valence-corrected chi connectivity index (χ4v) is 5.41. The Morgan fingerprint density at radius 2 is 1.82 bits per heavy atom. The summed E-state index contributed by atoms with van der Waals surface area (Å²) in [4.78, 5) is 21.6. The maximum absolute atomic E-state index is 13.1. The number of pyridine rings is 1. The fraction of sp³-hybridized carbons (Fsp3) is 0.259. The van der Waals surface area contributed by atoms with Gasteiger partial charge in [-0.15, -0.1) is 11.3 Å². The van der Waals surface area contributed by atoms with Crippen molar-refractivity contribution < 1.29 is 9.53 Å². The number of hydrogen-bond acceptors (Lipinski definition) is 6. The van der Waals surface area contributed by atoms with E-state index in [4.69, 9.17) is 15.5 Å². The van der Waals surface area contributed by atoms with Crippen LogP contribution in [0.5, 0.6) is 5.75 Å². The normalized spacial score (nSPS) is 14.9. The van der Waals surface area contributed by atoms with E-state index in [0.29, 0.717) is 10.6 Å². The van der Waals surface area contributed by atoms with Crippen molar-refractivity contribution in [1.29, 1.82) is 0 Å². The molecule has 34 heavy (non-hydrogen) atoms. The van der Waals surface area contributed by atoms with Crippen LogP contribution < -0.4 is 15.8 Å². The molecule has 4 aromatic rings. The van der Waals surface area contributed by atoms with Crippen molar-refractivity contribution in [3.63, 3.8) is 0 Å². The summed E-state index contributed by atoms with van der Waals surface area (Å²) in [5.74, 6) is 0.697. The van der Waals surface area contributed by atoms with E-state index in [-0.39, 0.29) is 11.9 Å². The van der Waals surface area contributed by atoms with Crippen LogP contribution in [0, 0.1) is 0 Å². The Morgan fingerprint density at radius 3 is 2.53 bits per heavy atom. The SMILES string of the molecule is COc1ccc(-c2ccc3c(N)c(C(=O)NC4CCN(Cc5ccccc5)CC4)sc3n2)cc1. The number of benzene rings is 2. The van der Waals surface area contributed by atoms with Crippen LogP contribution in [-0.2, 0) is 6.54 Å². The first-order valence-corrected chi connectivity index (χ1v) is 12.3. The van der Waals surface area contributed by atoms with Crippen LogP contribution in [0.4, 0.5) is 5.69 Å². The zero-order valence-electron chi connectivity index (χ0n) is 19.2. The number of nitrogens with two attached hydrogens (primary N) is 1. The molecular formula is C27H28N4O2S. The number of carbonyl (C=O) groups excluding carboxylic acids is 1. The highest BCUT2D eigenvalue weighted by molar-refractivity contribution is 7.21. The lowest BCUT2D eigenvalue weighted by atomic mass is 10.0. The van der Waals surface area contributed by atoms with Crippen molar-refractivity contribution in [2.45, 2.75) is 25.4 Å². The van der Waals surface area contributed by atoms with Crippen molar-refractivity contribution in [3.05, 3.63) is 77.2 Å². The lowest BCUT2D eigenvalue weighted by Gasteiger charge is -2.32. The quantitative estimate of drug-likeness (QED) is 0.415. The number of nitrogen functional groups attached to an aromatic ring is 1. The second kappa shape index (κ2) is 9.83. The number of hydrogen-bond donors (Lipinski definition) is 2. The van der Waals surface area contributed by atoms with Crippen LogP contribution in [0.25, 0.3) is 21.5 Å². The minimum absolute atomic E-state index is 0.104. The van der Waals surface area contributed by atoms with Crippen molar-refractivity contribution >= 4 is 33.1 Å². The molecule has 0 aliphatic carbocycles. The van der Waals surface area contributed by atoms with Gasteiger partial charge in [-0.1, -0.05) is 30.3 Å². The van der Waals surface area contributed by atoms with Gasteiger partial charge in [0.1, 0.15) is 15.5 Å². The first-order valence-electron chi connectivity index (χ1n) is 11.5. The van der Waals surface area contributed by atoms with Crippen LogP contribution in [0.1, 0.15) is 28.1 Å². The Hall–Kier alpha value is -3.42. The number of piperidine rings is 1. The Kier molecular flexibility index (Phi) is 6.47. The van der Waals surface area contributed by atoms with Gasteiger partial charge in [0.25, 0.3) is 5.91 Å². The van der Waals surface area contributed by atoms with Crippen molar-refractivity contribution in [2.75, 3.05) is 25.9 Å². The molecule has 0 unspecified atom stereocenters. The standard InChI is InChI=1S/C27H28N4O2S/c1-33-21-9-7-19(8-10-21)23-12-11-22-24(28)25(34-27(22)30-23)26(32)29-20-13-15-31(16-14-20)17-18-5-3-2-4-6-18/h2-12,20H,13-17,28H2,1H3,(H,29,32). The third-order valence-electron chi connectivity index (χ3n) is 6.36. The van der Waals surface area contributed by atoms with Gasteiger partial charge in [-0.05, 0) is 54.8 Å². The molecule has 3 N–H and O–H groups in total. The lowest BCUT2D eigenvalue weighted by molar-refractivity contribution is 0.0914. The first kappa shape index (κ1) is 22.4. The highest BCUT2D eigenvalue weighted by atomic mass is 32.1. The minimum Gasteiger partial charge on any atom is -0.497 e. The number of nitrogens with one attached hydrogen (secondary N) is 1. The molecule has 6 nitrogen and oxygen atoms in total. The molecule has 2 aromatic carbocycles. The Morgan fingerprint density at radius 1 is 1.09 bits per heavy atom. The monoisotopic (exact) mass is 472 g/mol. The van der Waals surface area contributed by atoms with Crippen molar-refractivity contribution in [2.24, 2.45) is 0 Å². The lowest BCUT2D eigenvalue weighted by Crippen LogP contribution is -2.44. The summed E-state index contributed by atoms with van der Waals surface area (Å²) >= 11 is 1.36. The molecule has 0 spiro atoms. The number of amides is 1. The average Bonchev–Trinajstić information content (AvgIpc) is 3.22. The summed E-state index contributed by atoms with van der Waals surface area (Å²) in [6.45, 7) is 2.88. The molecule has 1 aliphatic rings. The number of rotatable bonds is 6. The second-order valence-electron chi connectivity index (χ2n) is 8.63. The number of ether oxygens (including phenoxy) is 1. The number of carbonyl (C=O) groups is 1. The zero-order chi connectivity index (χ0) is 23.5. The largest absolute Gasteiger partial charge is 0.497 e. The molecule has 0 atom stereocenters. The number of aromatic nitrogens is 1. The number of likely N-dealkylation sites (tertiary alicyclic amines) is 1.